The van der Waals surface area contributed by atoms with Crippen molar-refractivity contribution in [1.82, 2.24) is 0 Å². The molecule has 6 heteroatoms. The van der Waals surface area contributed by atoms with E-state index in [1.807, 2.05) is 94.7 Å². The third-order valence-corrected chi connectivity index (χ3v) is 4.79. The monoisotopic (exact) mass is 406 g/mol. The molecule has 142 valence electrons. The fourth-order valence-corrected chi connectivity index (χ4v) is 3.29. The highest BCUT2D eigenvalue weighted by atomic mass is 32.1. The first kappa shape index (κ1) is 19.8. The molecular weight excluding hydrogens is 384 g/mol. The van der Waals surface area contributed by atoms with Gasteiger partial charge in [0.1, 0.15) is 0 Å². The highest BCUT2D eigenvalue weighted by Crippen LogP contribution is 2.25. The molecule has 0 spiro atoms. The Bertz CT molecular complexity index is 870. The number of rotatable bonds is 6. The second-order valence-electron chi connectivity index (χ2n) is 6.34. The van der Waals surface area contributed by atoms with Crippen LogP contribution in [0.5, 0.6) is 0 Å². The van der Waals surface area contributed by atoms with Crippen LogP contribution < -0.4 is 21.3 Å². The maximum atomic E-state index is 6.02. The lowest BCUT2D eigenvalue weighted by Crippen LogP contribution is -2.36. The van der Waals surface area contributed by atoms with E-state index in [2.05, 4.69) is 0 Å². The van der Waals surface area contributed by atoms with Crippen molar-refractivity contribution in [3.8, 4) is 0 Å². The molecule has 3 aromatic rings. The van der Waals surface area contributed by atoms with E-state index in [1.165, 1.54) is 0 Å². The van der Waals surface area contributed by atoms with Gasteiger partial charge in [-0.25, -0.2) is 0 Å². The van der Waals surface area contributed by atoms with Gasteiger partial charge in [-0.15, -0.1) is 0 Å². The minimum Gasteiger partial charge on any atom is -0.376 e. The molecule has 0 unspecified atom stereocenters. The molecule has 3 rings (SSSR count). The Balaban J connectivity index is 1.89. The minimum atomic E-state index is 0.311. The normalized spacial score (nSPS) is 10.3. The fourth-order valence-electron chi connectivity index (χ4n) is 2.95. The topological polar surface area (TPSA) is 58.5 Å². The number of benzene rings is 3. The molecule has 0 fully saturated rings. The quantitative estimate of drug-likeness (QED) is 0.599. The smallest absolute Gasteiger partial charge is 0.171 e. The molecule has 0 aliphatic rings. The minimum absolute atomic E-state index is 0.311. The zero-order valence-corrected chi connectivity index (χ0v) is 17.0. The van der Waals surface area contributed by atoms with Crippen LogP contribution >= 0.6 is 24.4 Å². The molecule has 0 bridgehead atoms. The van der Waals surface area contributed by atoms with Gasteiger partial charge >= 0.3 is 0 Å². The molecule has 0 saturated carbocycles. The van der Waals surface area contributed by atoms with Crippen LogP contribution in [-0.2, 0) is 13.1 Å². The summed E-state index contributed by atoms with van der Waals surface area (Å²) < 4.78 is 0. The van der Waals surface area contributed by atoms with E-state index in [9.17, 15) is 0 Å². The van der Waals surface area contributed by atoms with E-state index in [0.717, 1.165) is 22.5 Å². The Labute approximate surface area is 176 Å². The van der Waals surface area contributed by atoms with E-state index in [4.69, 9.17) is 35.9 Å². The Hall–Kier alpha value is -2.96. The Kier molecular flexibility index (Phi) is 6.57. The fraction of sp³-hybridized carbons (Fsp3) is 0.0909. The molecule has 0 aromatic heterocycles. The van der Waals surface area contributed by atoms with Crippen LogP contribution in [0, 0.1) is 0 Å². The molecule has 0 atom stereocenters. The zero-order valence-electron chi connectivity index (χ0n) is 15.4. The van der Waals surface area contributed by atoms with Crippen molar-refractivity contribution in [2.24, 2.45) is 11.5 Å². The predicted molar refractivity (Wildman–Crippen MR) is 125 cm³/mol. The van der Waals surface area contributed by atoms with Crippen LogP contribution in [0.2, 0.25) is 0 Å². The van der Waals surface area contributed by atoms with Gasteiger partial charge in [0.25, 0.3) is 0 Å². The highest BCUT2D eigenvalue weighted by Gasteiger charge is 2.15. The molecule has 0 saturated heterocycles. The Morgan fingerprint density at radius 1 is 0.607 bits per heavy atom. The maximum absolute atomic E-state index is 6.02. The van der Waals surface area contributed by atoms with Crippen molar-refractivity contribution in [3.63, 3.8) is 0 Å². The van der Waals surface area contributed by atoms with Crippen molar-refractivity contribution >= 4 is 46.0 Å². The first-order chi connectivity index (χ1) is 13.5. The Morgan fingerprint density at radius 3 is 1.36 bits per heavy atom. The van der Waals surface area contributed by atoms with Crippen LogP contribution in [-0.4, -0.2) is 10.2 Å². The van der Waals surface area contributed by atoms with Gasteiger partial charge in [0.15, 0.2) is 10.2 Å². The van der Waals surface area contributed by atoms with E-state index < -0.39 is 0 Å². The summed E-state index contributed by atoms with van der Waals surface area (Å²) in [4.78, 5) is 3.79. The van der Waals surface area contributed by atoms with Gasteiger partial charge in [-0.2, -0.15) is 0 Å². The van der Waals surface area contributed by atoms with Gasteiger partial charge in [0.05, 0.1) is 13.1 Å². The highest BCUT2D eigenvalue weighted by molar-refractivity contribution is 7.80. The summed E-state index contributed by atoms with van der Waals surface area (Å²) in [6, 6.07) is 28.1. The summed E-state index contributed by atoms with van der Waals surface area (Å²) in [6.07, 6.45) is 0. The summed E-state index contributed by atoms with van der Waals surface area (Å²) in [5.41, 5.74) is 16.1. The summed E-state index contributed by atoms with van der Waals surface area (Å²) >= 11 is 10.6. The second-order valence-corrected chi connectivity index (χ2v) is 7.18. The van der Waals surface area contributed by atoms with Crippen molar-refractivity contribution < 1.29 is 0 Å². The lowest BCUT2D eigenvalue weighted by molar-refractivity contribution is 0.991. The number of thiocarbonyl (C=S) groups is 2. The second kappa shape index (κ2) is 9.30. The number of nitrogens with zero attached hydrogens (tertiary/aromatic N) is 2. The Morgan fingerprint density at radius 2 is 1.00 bits per heavy atom. The van der Waals surface area contributed by atoms with Crippen molar-refractivity contribution in [2.75, 3.05) is 9.80 Å². The van der Waals surface area contributed by atoms with Gasteiger partial charge in [-0.1, -0.05) is 66.7 Å². The zero-order chi connectivity index (χ0) is 19.9. The number of hydrogen-bond donors (Lipinski definition) is 2. The molecule has 0 aliphatic carbocycles. The summed E-state index contributed by atoms with van der Waals surface area (Å²) in [5, 5.41) is 0.622. The van der Waals surface area contributed by atoms with Gasteiger partial charge in [0.2, 0.25) is 0 Å². The summed E-state index contributed by atoms with van der Waals surface area (Å²) in [6.45, 7) is 1.18. The van der Waals surface area contributed by atoms with Crippen molar-refractivity contribution in [1.29, 1.82) is 0 Å². The van der Waals surface area contributed by atoms with Gasteiger partial charge in [0, 0.05) is 11.4 Å². The largest absolute Gasteiger partial charge is 0.376 e. The molecule has 4 N–H and O–H groups in total. The van der Waals surface area contributed by atoms with Gasteiger partial charge in [-0.3, -0.25) is 0 Å². The van der Waals surface area contributed by atoms with Crippen molar-refractivity contribution in [3.05, 3.63) is 96.1 Å². The van der Waals surface area contributed by atoms with E-state index >= 15 is 0 Å². The van der Waals surface area contributed by atoms with E-state index in [-0.39, 0.29) is 0 Å². The molecule has 0 heterocycles. The number of nitrogens with two attached hydrogens (primary N) is 2. The average molecular weight is 407 g/mol. The summed E-state index contributed by atoms with van der Waals surface area (Å²) in [7, 11) is 0. The third-order valence-electron chi connectivity index (χ3n) is 4.35. The van der Waals surface area contributed by atoms with Crippen molar-refractivity contribution in [2.45, 2.75) is 13.1 Å². The predicted octanol–water partition coefficient (Wildman–Crippen LogP) is 4.19. The molecule has 0 aliphatic heterocycles. The standard InChI is InChI=1S/C22H22N4S2/c23-21(27)25(15-17-8-3-1-4-9-17)19-12-7-13-20(14-19)26(22(24)28)16-18-10-5-2-6-11-18/h1-14H,15-16H2,(H2,23,27)(H2,24,28). The average Bonchev–Trinajstić information content (AvgIpc) is 2.71. The van der Waals surface area contributed by atoms with Gasteiger partial charge in [-0.05, 0) is 53.8 Å². The van der Waals surface area contributed by atoms with Crippen LogP contribution in [0.1, 0.15) is 11.1 Å². The SMILES string of the molecule is NC(=S)N(Cc1ccccc1)c1cccc(N(Cc2ccccc2)C(N)=S)c1. The molecule has 28 heavy (non-hydrogen) atoms. The first-order valence-electron chi connectivity index (χ1n) is 8.86. The van der Waals surface area contributed by atoms with E-state index in [1.54, 1.807) is 0 Å². The first-order valence-corrected chi connectivity index (χ1v) is 9.68. The van der Waals surface area contributed by atoms with Gasteiger partial charge < -0.3 is 21.3 Å². The molecule has 0 radical (unpaired) electrons. The molecule has 3 aromatic carbocycles. The number of anilines is 2. The molecular formula is C22H22N4S2. The summed E-state index contributed by atoms with van der Waals surface area (Å²) in [5.74, 6) is 0. The third kappa shape index (κ3) is 5.06. The molecule has 4 nitrogen and oxygen atoms in total. The van der Waals surface area contributed by atoms with Crippen LogP contribution in [0.15, 0.2) is 84.9 Å². The number of hydrogen-bond acceptors (Lipinski definition) is 2. The van der Waals surface area contributed by atoms with Crippen LogP contribution in [0.3, 0.4) is 0 Å². The lowest BCUT2D eigenvalue weighted by Gasteiger charge is -2.27. The lowest BCUT2D eigenvalue weighted by atomic mass is 10.1. The van der Waals surface area contributed by atoms with Crippen LogP contribution in [0.4, 0.5) is 11.4 Å². The maximum Gasteiger partial charge on any atom is 0.171 e. The van der Waals surface area contributed by atoms with Crippen LogP contribution in [0.25, 0.3) is 0 Å². The molecule has 0 amide bonds. The van der Waals surface area contributed by atoms with E-state index in [0.29, 0.717) is 23.3 Å².